The van der Waals surface area contributed by atoms with E-state index in [9.17, 15) is 4.79 Å². The van der Waals surface area contributed by atoms with Crippen LogP contribution in [0.5, 0.6) is 0 Å². The molecule has 0 radical (unpaired) electrons. The second-order valence-corrected chi connectivity index (χ2v) is 5.09. The van der Waals surface area contributed by atoms with E-state index >= 15 is 0 Å². The van der Waals surface area contributed by atoms with Crippen LogP contribution in [0, 0.1) is 5.92 Å². The lowest BCUT2D eigenvalue weighted by Crippen LogP contribution is -2.43. The molecule has 0 spiro atoms. The van der Waals surface area contributed by atoms with Crippen molar-refractivity contribution >= 4 is 11.9 Å². The van der Waals surface area contributed by atoms with Gasteiger partial charge in [-0.05, 0) is 19.3 Å². The molecule has 16 heavy (non-hydrogen) atoms. The van der Waals surface area contributed by atoms with Gasteiger partial charge in [-0.2, -0.15) is 0 Å². The van der Waals surface area contributed by atoms with Crippen LogP contribution in [0.25, 0.3) is 0 Å². The van der Waals surface area contributed by atoms with Crippen molar-refractivity contribution in [2.75, 3.05) is 13.1 Å². The number of carbonyl (C=O) groups excluding carboxylic acids is 1. The van der Waals surface area contributed by atoms with E-state index in [1.807, 2.05) is 6.92 Å². The van der Waals surface area contributed by atoms with Gasteiger partial charge in [0, 0.05) is 13.0 Å². The Balaban J connectivity index is 2.37. The Hall–Kier alpha value is -1.26. The van der Waals surface area contributed by atoms with E-state index in [1.165, 1.54) is 0 Å². The molecule has 1 atom stereocenters. The van der Waals surface area contributed by atoms with Gasteiger partial charge in [-0.3, -0.25) is 9.79 Å². The highest BCUT2D eigenvalue weighted by atomic mass is 16.2. The third kappa shape index (κ3) is 4.08. The summed E-state index contributed by atoms with van der Waals surface area (Å²) in [5.74, 6) is 1.10. The fourth-order valence-corrected chi connectivity index (χ4v) is 1.59. The first-order chi connectivity index (χ1) is 7.41. The van der Waals surface area contributed by atoms with E-state index in [1.54, 1.807) is 0 Å². The Morgan fingerprint density at radius 2 is 2.38 bits per heavy atom. The molecule has 1 unspecified atom stereocenters. The maximum absolute atomic E-state index is 11.1. The van der Waals surface area contributed by atoms with Crippen LogP contribution in [0.1, 0.15) is 33.6 Å². The summed E-state index contributed by atoms with van der Waals surface area (Å²) in [5, 5.41) is 5.97. The first-order valence-electron chi connectivity index (χ1n) is 5.76. The molecule has 0 aliphatic carbocycles. The van der Waals surface area contributed by atoms with Crippen molar-refractivity contribution in [1.82, 2.24) is 10.6 Å². The molecule has 1 heterocycles. The Morgan fingerprint density at radius 1 is 1.69 bits per heavy atom. The zero-order valence-electron chi connectivity index (χ0n) is 10.3. The Kier molecular flexibility index (Phi) is 4.15. The average molecular weight is 226 g/mol. The van der Waals surface area contributed by atoms with Gasteiger partial charge < -0.3 is 16.4 Å². The minimum absolute atomic E-state index is 0.103. The predicted molar refractivity (Wildman–Crippen MR) is 65.1 cm³/mol. The highest BCUT2D eigenvalue weighted by molar-refractivity contribution is 5.80. The normalized spacial score (nSPS) is 26.0. The van der Waals surface area contributed by atoms with Crippen LogP contribution in [-0.4, -0.2) is 30.5 Å². The fourth-order valence-electron chi connectivity index (χ4n) is 1.59. The molecule has 0 aromatic heterocycles. The number of hydrogen-bond acceptors (Lipinski definition) is 2. The summed E-state index contributed by atoms with van der Waals surface area (Å²) in [6, 6.07) is 0. The SMILES string of the molecule is CC(C)CNC(N)=NCC1(C)CCC(=O)N1. The monoisotopic (exact) mass is 226 g/mol. The van der Waals surface area contributed by atoms with E-state index in [0.29, 0.717) is 24.8 Å². The molecule has 1 rings (SSSR count). The van der Waals surface area contributed by atoms with Crippen molar-refractivity contribution in [3.05, 3.63) is 0 Å². The van der Waals surface area contributed by atoms with Gasteiger partial charge in [-0.25, -0.2) is 0 Å². The van der Waals surface area contributed by atoms with Crippen LogP contribution in [0.3, 0.4) is 0 Å². The Bertz CT molecular complexity index is 288. The van der Waals surface area contributed by atoms with Gasteiger partial charge in [0.05, 0.1) is 12.1 Å². The lowest BCUT2D eigenvalue weighted by atomic mass is 10.0. The maximum atomic E-state index is 11.1. The number of guanidine groups is 1. The van der Waals surface area contributed by atoms with E-state index in [0.717, 1.165) is 13.0 Å². The third-order valence-electron chi connectivity index (χ3n) is 2.63. The van der Waals surface area contributed by atoms with E-state index in [4.69, 9.17) is 5.73 Å². The van der Waals surface area contributed by atoms with Crippen LogP contribution in [0.15, 0.2) is 4.99 Å². The van der Waals surface area contributed by atoms with E-state index in [-0.39, 0.29) is 11.4 Å². The molecule has 1 aliphatic rings. The molecule has 1 fully saturated rings. The summed E-state index contributed by atoms with van der Waals surface area (Å²) in [7, 11) is 0. The summed E-state index contributed by atoms with van der Waals surface area (Å²) in [6.07, 6.45) is 1.41. The summed E-state index contributed by atoms with van der Waals surface area (Å²) in [5.41, 5.74) is 5.50. The first kappa shape index (κ1) is 12.8. The van der Waals surface area contributed by atoms with Crippen molar-refractivity contribution in [1.29, 1.82) is 0 Å². The van der Waals surface area contributed by atoms with Crippen molar-refractivity contribution in [2.24, 2.45) is 16.6 Å². The van der Waals surface area contributed by atoms with Crippen molar-refractivity contribution in [2.45, 2.75) is 39.2 Å². The number of hydrogen-bond donors (Lipinski definition) is 3. The van der Waals surface area contributed by atoms with Crippen LogP contribution < -0.4 is 16.4 Å². The molecule has 1 aliphatic heterocycles. The number of nitrogens with one attached hydrogen (secondary N) is 2. The predicted octanol–water partition coefficient (Wildman–Crippen LogP) is 0.215. The number of nitrogens with two attached hydrogens (primary N) is 1. The zero-order valence-corrected chi connectivity index (χ0v) is 10.3. The molecule has 5 nitrogen and oxygen atoms in total. The molecule has 0 aromatic carbocycles. The van der Waals surface area contributed by atoms with Gasteiger partial charge in [0.1, 0.15) is 0 Å². The number of amides is 1. The topological polar surface area (TPSA) is 79.5 Å². The second kappa shape index (κ2) is 5.18. The molecule has 0 saturated carbocycles. The molecule has 0 aromatic rings. The fraction of sp³-hybridized carbons (Fsp3) is 0.818. The molecule has 1 amide bonds. The van der Waals surface area contributed by atoms with Crippen molar-refractivity contribution in [3.63, 3.8) is 0 Å². The molecule has 0 bridgehead atoms. The van der Waals surface area contributed by atoms with Gasteiger partial charge in [-0.1, -0.05) is 13.8 Å². The van der Waals surface area contributed by atoms with E-state index < -0.39 is 0 Å². The minimum Gasteiger partial charge on any atom is -0.370 e. The van der Waals surface area contributed by atoms with Crippen LogP contribution in [0.4, 0.5) is 0 Å². The summed E-state index contributed by atoms with van der Waals surface area (Å²) in [4.78, 5) is 15.4. The van der Waals surface area contributed by atoms with Crippen LogP contribution >= 0.6 is 0 Å². The van der Waals surface area contributed by atoms with Gasteiger partial charge in [0.2, 0.25) is 5.91 Å². The first-order valence-corrected chi connectivity index (χ1v) is 5.76. The summed E-state index contributed by atoms with van der Waals surface area (Å²) in [6.45, 7) is 7.57. The van der Waals surface area contributed by atoms with Crippen LogP contribution in [0.2, 0.25) is 0 Å². The average Bonchev–Trinajstić information content (AvgIpc) is 2.53. The van der Waals surface area contributed by atoms with Gasteiger partial charge in [0.15, 0.2) is 5.96 Å². The molecular formula is C11H22N4O. The maximum Gasteiger partial charge on any atom is 0.220 e. The van der Waals surface area contributed by atoms with Crippen molar-refractivity contribution in [3.8, 4) is 0 Å². The number of rotatable bonds is 4. The minimum atomic E-state index is -0.221. The van der Waals surface area contributed by atoms with Gasteiger partial charge >= 0.3 is 0 Å². The molecule has 5 heteroatoms. The molecule has 1 saturated heterocycles. The number of nitrogens with zero attached hydrogens (tertiary/aromatic N) is 1. The summed E-state index contributed by atoms with van der Waals surface area (Å²) >= 11 is 0. The second-order valence-electron chi connectivity index (χ2n) is 5.09. The van der Waals surface area contributed by atoms with Crippen molar-refractivity contribution < 1.29 is 4.79 Å². The number of carbonyl (C=O) groups is 1. The molecule has 4 N–H and O–H groups in total. The molecular weight excluding hydrogens is 204 g/mol. The standard InChI is InChI=1S/C11H22N4O/c1-8(2)6-13-10(12)14-7-11(3)5-4-9(16)15-11/h8H,4-7H2,1-3H3,(H,15,16)(H3,12,13,14). The van der Waals surface area contributed by atoms with Gasteiger partial charge in [0.25, 0.3) is 0 Å². The highest BCUT2D eigenvalue weighted by Gasteiger charge is 2.32. The lowest BCUT2D eigenvalue weighted by Gasteiger charge is -2.21. The van der Waals surface area contributed by atoms with E-state index in [2.05, 4.69) is 29.5 Å². The quantitative estimate of drug-likeness (QED) is 0.474. The summed E-state index contributed by atoms with van der Waals surface area (Å²) < 4.78 is 0. The number of aliphatic imine (C=N–C) groups is 1. The highest BCUT2D eigenvalue weighted by Crippen LogP contribution is 2.19. The largest absolute Gasteiger partial charge is 0.370 e. The van der Waals surface area contributed by atoms with Crippen LogP contribution in [-0.2, 0) is 4.79 Å². The smallest absolute Gasteiger partial charge is 0.220 e. The molecule has 92 valence electrons. The lowest BCUT2D eigenvalue weighted by molar-refractivity contribution is -0.119. The Morgan fingerprint density at radius 3 is 2.88 bits per heavy atom. The zero-order chi connectivity index (χ0) is 12.2. The Labute approximate surface area is 96.9 Å². The van der Waals surface area contributed by atoms with Gasteiger partial charge in [-0.15, -0.1) is 0 Å². The third-order valence-corrected chi connectivity index (χ3v) is 2.63.